The molecule has 0 aliphatic carbocycles. The highest BCUT2D eigenvalue weighted by molar-refractivity contribution is 7.11. The van der Waals surface area contributed by atoms with Gasteiger partial charge in [0.05, 0.1) is 16.1 Å². The number of pyridine rings is 1. The van der Waals surface area contributed by atoms with Gasteiger partial charge in [-0.15, -0.1) is 0 Å². The Balaban J connectivity index is 1.61. The van der Waals surface area contributed by atoms with Gasteiger partial charge < -0.3 is 0 Å². The van der Waals surface area contributed by atoms with Crippen molar-refractivity contribution >= 4 is 39.0 Å². The van der Waals surface area contributed by atoms with E-state index in [0.717, 1.165) is 27.9 Å². The molecule has 0 amide bonds. The highest BCUT2D eigenvalue weighted by atomic mass is 32.1. The van der Waals surface area contributed by atoms with Gasteiger partial charge in [0, 0.05) is 17.3 Å². The lowest BCUT2D eigenvalue weighted by atomic mass is 9.82. The average molecular weight is 476 g/mol. The van der Waals surface area contributed by atoms with Crippen LogP contribution in [0.15, 0.2) is 66.9 Å². The SMILES string of the molecule is Cc1cccc(C)c1-c1sn2c(nc3c(-c4cc(C(C)(C)C)c5ccccc5c4)nccc32)c1C. The van der Waals surface area contributed by atoms with Crippen LogP contribution in [0.3, 0.4) is 0 Å². The monoisotopic (exact) mass is 475 g/mol. The van der Waals surface area contributed by atoms with E-state index >= 15 is 0 Å². The first-order valence-electron chi connectivity index (χ1n) is 12.1. The molecule has 3 heterocycles. The fourth-order valence-electron chi connectivity index (χ4n) is 5.26. The Labute approximate surface area is 210 Å². The van der Waals surface area contributed by atoms with Crippen molar-refractivity contribution in [3.8, 4) is 21.7 Å². The quantitative estimate of drug-likeness (QED) is 0.251. The van der Waals surface area contributed by atoms with E-state index in [0.29, 0.717) is 0 Å². The second-order valence-electron chi connectivity index (χ2n) is 10.6. The summed E-state index contributed by atoms with van der Waals surface area (Å²) in [5.74, 6) is 0. The molecule has 3 aromatic heterocycles. The van der Waals surface area contributed by atoms with Crippen LogP contribution in [0.4, 0.5) is 0 Å². The molecule has 0 saturated heterocycles. The van der Waals surface area contributed by atoms with Gasteiger partial charge in [-0.3, -0.25) is 4.98 Å². The number of hydrogen-bond acceptors (Lipinski definition) is 3. The number of aromatic nitrogens is 3. The van der Waals surface area contributed by atoms with Crippen LogP contribution in [0.1, 0.15) is 43.0 Å². The lowest BCUT2D eigenvalue weighted by Crippen LogP contribution is -2.12. The van der Waals surface area contributed by atoms with Crippen molar-refractivity contribution in [3.05, 3.63) is 89.1 Å². The minimum atomic E-state index is 0.0228. The maximum Gasteiger partial charge on any atom is 0.151 e. The minimum Gasteiger partial charge on any atom is -0.254 e. The molecule has 0 unspecified atom stereocenters. The number of nitrogens with zero attached hydrogens (tertiary/aromatic N) is 3. The molecule has 174 valence electrons. The zero-order valence-electron chi connectivity index (χ0n) is 21.1. The van der Waals surface area contributed by atoms with Gasteiger partial charge in [0.25, 0.3) is 0 Å². The fourth-order valence-corrected chi connectivity index (χ4v) is 6.59. The Hall–Kier alpha value is -3.50. The summed E-state index contributed by atoms with van der Waals surface area (Å²) in [5.41, 5.74) is 11.7. The van der Waals surface area contributed by atoms with Crippen molar-refractivity contribution in [1.29, 1.82) is 0 Å². The highest BCUT2D eigenvalue weighted by Gasteiger charge is 2.22. The van der Waals surface area contributed by atoms with E-state index < -0.39 is 0 Å². The molecule has 6 rings (SSSR count). The molecule has 0 aliphatic heterocycles. The molecule has 0 atom stereocenters. The summed E-state index contributed by atoms with van der Waals surface area (Å²) in [4.78, 5) is 11.3. The summed E-state index contributed by atoms with van der Waals surface area (Å²) < 4.78 is 2.28. The molecule has 0 bridgehead atoms. The molecule has 6 aromatic rings. The number of hydrogen-bond donors (Lipinski definition) is 0. The van der Waals surface area contributed by atoms with Crippen LogP contribution in [0.25, 0.3) is 49.2 Å². The first kappa shape index (κ1) is 22.0. The van der Waals surface area contributed by atoms with E-state index in [2.05, 4.69) is 106 Å². The second kappa shape index (κ2) is 7.76. The summed E-state index contributed by atoms with van der Waals surface area (Å²) in [6.45, 7) is 13.4. The predicted octanol–water partition coefficient (Wildman–Crippen LogP) is 8.65. The smallest absolute Gasteiger partial charge is 0.151 e. The third kappa shape index (κ3) is 3.39. The van der Waals surface area contributed by atoms with E-state index in [1.807, 2.05) is 6.20 Å². The Bertz CT molecular complexity index is 1740. The number of aryl methyl sites for hydroxylation is 3. The van der Waals surface area contributed by atoms with Crippen molar-refractivity contribution in [2.45, 2.75) is 47.0 Å². The third-order valence-corrected chi connectivity index (χ3v) is 8.29. The number of imidazole rings is 1. The van der Waals surface area contributed by atoms with Gasteiger partial charge in [0.15, 0.2) is 5.65 Å². The molecule has 4 heteroatoms. The Morgan fingerprint density at radius 1 is 0.857 bits per heavy atom. The molecule has 3 nitrogen and oxygen atoms in total. The number of fused-ring (bicyclic) bond motifs is 4. The second-order valence-corrected chi connectivity index (χ2v) is 11.5. The molecule has 35 heavy (non-hydrogen) atoms. The summed E-state index contributed by atoms with van der Waals surface area (Å²) in [7, 11) is 0. The van der Waals surface area contributed by atoms with Gasteiger partial charge in [-0.25, -0.2) is 8.77 Å². The van der Waals surface area contributed by atoms with E-state index in [-0.39, 0.29) is 5.41 Å². The summed E-state index contributed by atoms with van der Waals surface area (Å²) in [6, 6.07) is 21.8. The zero-order valence-corrected chi connectivity index (χ0v) is 21.9. The van der Waals surface area contributed by atoms with Crippen molar-refractivity contribution in [2.75, 3.05) is 0 Å². The van der Waals surface area contributed by atoms with E-state index in [1.165, 1.54) is 43.5 Å². The largest absolute Gasteiger partial charge is 0.254 e. The van der Waals surface area contributed by atoms with Crippen molar-refractivity contribution < 1.29 is 0 Å². The summed E-state index contributed by atoms with van der Waals surface area (Å²) in [6.07, 6.45) is 1.92. The predicted molar refractivity (Wildman–Crippen MR) is 150 cm³/mol. The molecule has 0 saturated carbocycles. The minimum absolute atomic E-state index is 0.0228. The van der Waals surface area contributed by atoms with E-state index in [1.54, 1.807) is 11.5 Å². The van der Waals surface area contributed by atoms with Crippen molar-refractivity contribution in [1.82, 2.24) is 13.8 Å². The van der Waals surface area contributed by atoms with Crippen LogP contribution in [0, 0.1) is 20.8 Å². The average Bonchev–Trinajstić information content (AvgIpc) is 3.34. The van der Waals surface area contributed by atoms with Crippen molar-refractivity contribution in [3.63, 3.8) is 0 Å². The lowest BCUT2D eigenvalue weighted by molar-refractivity contribution is 0.596. The van der Waals surface area contributed by atoms with Gasteiger partial charge in [0.1, 0.15) is 5.52 Å². The Morgan fingerprint density at radius 3 is 2.34 bits per heavy atom. The molecule has 0 radical (unpaired) electrons. The highest BCUT2D eigenvalue weighted by Crippen LogP contribution is 2.40. The molecular formula is C31H29N3S. The zero-order chi connectivity index (χ0) is 24.5. The molecule has 3 aromatic carbocycles. The van der Waals surface area contributed by atoms with Crippen LogP contribution in [0.2, 0.25) is 0 Å². The third-order valence-electron chi connectivity index (χ3n) is 7.04. The van der Waals surface area contributed by atoms with Gasteiger partial charge in [-0.1, -0.05) is 74.8 Å². The number of benzene rings is 3. The molecule has 0 fully saturated rings. The van der Waals surface area contributed by atoms with E-state index in [9.17, 15) is 0 Å². The topological polar surface area (TPSA) is 30.2 Å². The fraction of sp³-hybridized carbons (Fsp3) is 0.226. The van der Waals surface area contributed by atoms with Gasteiger partial charge >= 0.3 is 0 Å². The van der Waals surface area contributed by atoms with Crippen LogP contribution in [-0.2, 0) is 5.41 Å². The van der Waals surface area contributed by atoms with E-state index in [4.69, 9.17) is 9.97 Å². The Morgan fingerprint density at radius 2 is 1.60 bits per heavy atom. The van der Waals surface area contributed by atoms with Crippen LogP contribution < -0.4 is 0 Å². The molecule has 0 N–H and O–H groups in total. The van der Waals surface area contributed by atoms with Gasteiger partial charge in [0.2, 0.25) is 0 Å². The normalized spacial score (nSPS) is 12.3. The summed E-state index contributed by atoms with van der Waals surface area (Å²) >= 11 is 1.78. The molecule has 0 aliphatic rings. The first-order chi connectivity index (χ1) is 16.7. The van der Waals surface area contributed by atoms with Crippen LogP contribution in [0.5, 0.6) is 0 Å². The van der Waals surface area contributed by atoms with Crippen LogP contribution >= 0.6 is 11.5 Å². The van der Waals surface area contributed by atoms with Crippen LogP contribution in [-0.4, -0.2) is 13.8 Å². The lowest BCUT2D eigenvalue weighted by Gasteiger charge is -2.22. The van der Waals surface area contributed by atoms with Crippen molar-refractivity contribution in [2.24, 2.45) is 0 Å². The maximum absolute atomic E-state index is 5.18. The summed E-state index contributed by atoms with van der Waals surface area (Å²) in [5, 5.41) is 2.54. The number of rotatable bonds is 2. The Kier molecular flexibility index (Phi) is 4.87. The molecular weight excluding hydrogens is 446 g/mol. The maximum atomic E-state index is 5.18. The van der Waals surface area contributed by atoms with Gasteiger partial charge in [-0.05, 0) is 77.4 Å². The standard InChI is InChI=1S/C31H29N3S/c1-18-10-9-11-19(2)26(18)29-20(3)30-33-28-25(34(30)35-29)14-15-32-27(28)22-16-21-12-7-8-13-23(21)24(17-22)31(4,5)6/h7-17H,1-6H3. The molecule has 0 spiro atoms. The van der Waals surface area contributed by atoms with Gasteiger partial charge in [-0.2, -0.15) is 0 Å². The first-order valence-corrected chi connectivity index (χ1v) is 12.9.